The van der Waals surface area contributed by atoms with E-state index in [1.54, 1.807) is 0 Å². The van der Waals surface area contributed by atoms with E-state index in [4.69, 9.17) is 4.52 Å². The van der Waals surface area contributed by atoms with E-state index in [9.17, 15) is 9.59 Å². The maximum Gasteiger partial charge on any atom is 0.442 e. The van der Waals surface area contributed by atoms with Gasteiger partial charge in [0.15, 0.2) is 5.82 Å². The normalized spacial score (nSPS) is 16.0. The van der Waals surface area contributed by atoms with Crippen LogP contribution in [0.3, 0.4) is 0 Å². The molecule has 1 saturated heterocycles. The van der Waals surface area contributed by atoms with Gasteiger partial charge in [0.1, 0.15) is 6.54 Å². The SMILES string of the molecule is CC1CCN(C(=O)Cn2c(-c3ccccc3)noc2=O)CC1. The van der Waals surface area contributed by atoms with E-state index in [2.05, 4.69) is 12.1 Å². The van der Waals surface area contributed by atoms with Crippen molar-refractivity contribution in [2.75, 3.05) is 13.1 Å². The van der Waals surface area contributed by atoms with Gasteiger partial charge in [0, 0.05) is 18.7 Å². The number of hydrogen-bond acceptors (Lipinski definition) is 4. The smallest absolute Gasteiger partial charge is 0.341 e. The average Bonchev–Trinajstić information content (AvgIpc) is 2.90. The number of amides is 1. The lowest BCUT2D eigenvalue weighted by Gasteiger charge is -2.30. The van der Waals surface area contributed by atoms with Crippen LogP contribution < -0.4 is 5.76 Å². The van der Waals surface area contributed by atoms with Crippen LogP contribution in [0.2, 0.25) is 0 Å². The molecule has 2 heterocycles. The molecule has 0 spiro atoms. The van der Waals surface area contributed by atoms with Crippen molar-refractivity contribution in [1.29, 1.82) is 0 Å². The van der Waals surface area contributed by atoms with Crippen LogP contribution in [0.4, 0.5) is 0 Å². The zero-order valence-electron chi connectivity index (χ0n) is 12.6. The van der Waals surface area contributed by atoms with Gasteiger partial charge in [-0.15, -0.1) is 0 Å². The summed E-state index contributed by atoms with van der Waals surface area (Å²) in [6, 6.07) is 9.26. The van der Waals surface area contributed by atoms with Gasteiger partial charge in [-0.25, -0.2) is 9.36 Å². The highest BCUT2D eigenvalue weighted by Crippen LogP contribution is 2.18. The zero-order chi connectivity index (χ0) is 15.5. The van der Waals surface area contributed by atoms with Crippen LogP contribution in [0.5, 0.6) is 0 Å². The van der Waals surface area contributed by atoms with E-state index in [-0.39, 0.29) is 12.5 Å². The minimum atomic E-state index is -0.599. The second-order valence-electron chi connectivity index (χ2n) is 5.79. The summed E-state index contributed by atoms with van der Waals surface area (Å²) >= 11 is 0. The molecule has 0 radical (unpaired) electrons. The van der Waals surface area contributed by atoms with E-state index in [1.807, 2.05) is 35.2 Å². The number of benzene rings is 1. The molecular formula is C16H19N3O3. The predicted molar refractivity (Wildman–Crippen MR) is 81.2 cm³/mol. The van der Waals surface area contributed by atoms with E-state index in [0.29, 0.717) is 11.7 Å². The van der Waals surface area contributed by atoms with Crippen molar-refractivity contribution in [2.45, 2.75) is 26.3 Å². The quantitative estimate of drug-likeness (QED) is 0.866. The molecule has 1 aliphatic rings. The topological polar surface area (TPSA) is 68.3 Å². The Bertz CT molecular complexity index is 697. The summed E-state index contributed by atoms with van der Waals surface area (Å²) in [5, 5.41) is 3.80. The molecule has 3 rings (SSSR count). The second-order valence-corrected chi connectivity index (χ2v) is 5.79. The lowest BCUT2D eigenvalue weighted by molar-refractivity contribution is -0.133. The molecule has 1 aromatic heterocycles. The molecule has 1 aliphatic heterocycles. The summed E-state index contributed by atoms with van der Waals surface area (Å²) in [7, 11) is 0. The highest BCUT2D eigenvalue weighted by atomic mass is 16.5. The largest absolute Gasteiger partial charge is 0.442 e. The molecule has 2 aromatic rings. The fourth-order valence-corrected chi connectivity index (χ4v) is 2.70. The monoisotopic (exact) mass is 301 g/mol. The van der Waals surface area contributed by atoms with E-state index < -0.39 is 5.76 Å². The van der Waals surface area contributed by atoms with Gasteiger partial charge in [-0.05, 0) is 18.8 Å². The van der Waals surface area contributed by atoms with Crippen LogP contribution in [-0.2, 0) is 11.3 Å². The molecule has 0 bridgehead atoms. The number of rotatable bonds is 3. The molecule has 22 heavy (non-hydrogen) atoms. The van der Waals surface area contributed by atoms with Crippen LogP contribution in [0, 0.1) is 5.92 Å². The molecule has 0 atom stereocenters. The van der Waals surface area contributed by atoms with Crippen molar-refractivity contribution in [3.8, 4) is 11.4 Å². The molecule has 1 aromatic carbocycles. The summed E-state index contributed by atoms with van der Waals surface area (Å²) in [5.74, 6) is 0.388. The Morgan fingerprint density at radius 1 is 1.27 bits per heavy atom. The Labute approximate surface area is 128 Å². The number of carbonyl (C=O) groups is 1. The Morgan fingerprint density at radius 2 is 1.95 bits per heavy atom. The van der Waals surface area contributed by atoms with Gasteiger partial charge < -0.3 is 4.90 Å². The Balaban J connectivity index is 1.79. The summed E-state index contributed by atoms with van der Waals surface area (Å²) < 4.78 is 6.04. The summed E-state index contributed by atoms with van der Waals surface area (Å²) in [4.78, 5) is 26.1. The zero-order valence-corrected chi connectivity index (χ0v) is 12.6. The molecule has 0 saturated carbocycles. The van der Waals surface area contributed by atoms with Crippen LogP contribution >= 0.6 is 0 Å². The number of piperidine rings is 1. The third kappa shape index (κ3) is 2.95. The van der Waals surface area contributed by atoms with Crippen molar-refractivity contribution in [3.63, 3.8) is 0 Å². The number of likely N-dealkylation sites (tertiary alicyclic amines) is 1. The number of aromatic nitrogens is 2. The molecule has 1 amide bonds. The van der Waals surface area contributed by atoms with Gasteiger partial charge in [-0.1, -0.05) is 42.4 Å². The first-order valence-electron chi connectivity index (χ1n) is 7.55. The molecule has 6 nitrogen and oxygen atoms in total. The first-order valence-corrected chi connectivity index (χ1v) is 7.55. The maximum atomic E-state index is 12.4. The predicted octanol–water partition coefficient (Wildman–Crippen LogP) is 1.76. The molecule has 6 heteroatoms. The van der Waals surface area contributed by atoms with Crippen molar-refractivity contribution >= 4 is 5.91 Å². The molecule has 0 N–H and O–H groups in total. The van der Waals surface area contributed by atoms with Gasteiger partial charge in [-0.2, -0.15) is 0 Å². The standard InChI is InChI=1S/C16H19N3O3/c1-12-7-9-18(10-8-12)14(20)11-19-15(17-22-16(19)21)13-5-3-2-4-6-13/h2-6,12H,7-11H2,1H3. The summed E-state index contributed by atoms with van der Waals surface area (Å²) in [6.45, 7) is 3.67. The van der Waals surface area contributed by atoms with Crippen LogP contribution in [-0.4, -0.2) is 33.6 Å². The Kier molecular flexibility index (Phi) is 4.09. The number of carbonyl (C=O) groups excluding carboxylic acids is 1. The fraction of sp³-hybridized carbons (Fsp3) is 0.438. The van der Waals surface area contributed by atoms with Crippen molar-refractivity contribution in [1.82, 2.24) is 14.6 Å². The van der Waals surface area contributed by atoms with Crippen molar-refractivity contribution in [2.24, 2.45) is 5.92 Å². The molecule has 1 fully saturated rings. The molecular weight excluding hydrogens is 282 g/mol. The lowest BCUT2D eigenvalue weighted by Crippen LogP contribution is -2.40. The molecule has 116 valence electrons. The average molecular weight is 301 g/mol. The van der Waals surface area contributed by atoms with Gasteiger partial charge in [0.2, 0.25) is 5.91 Å². The number of hydrogen-bond donors (Lipinski definition) is 0. The van der Waals surface area contributed by atoms with Crippen molar-refractivity contribution < 1.29 is 9.32 Å². The van der Waals surface area contributed by atoms with E-state index >= 15 is 0 Å². The van der Waals surface area contributed by atoms with Crippen LogP contribution in [0.25, 0.3) is 11.4 Å². The summed E-state index contributed by atoms with van der Waals surface area (Å²) in [6.07, 6.45) is 2.02. The minimum Gasteiger partial charge on any atom is -0.341 e. The minimum absolute atomic E-state index is 0.0268. The van der Waals surface area contributed by atoms with E-state index in [1.165, 1.54) is 4.57 Å². The maximum absolute atomic E-state index is 12.4. The van der Waals surface area contributed by atoms with Gasteiger partial charge in [0.25, 0.3) is 0 Å². The van der Waals surface area contributed by atoms with Gasteiger partial charge in [-0.3, -0.25) is 9.32 Å². The highest BCUT2D eigenvalue weighted by Gasteiger charge is 2.23. The third-order valence-corrected chi connectivity index (χ3v) is 4.15. The van der Waals surface area contributed by atoms with E-state index in [0.717, 1.165) is 31.5 Å². The molecule has 0 aliphatic carbocycles. The van der Waals surface area contributed by atoms with Gasteiger partial charge >= 0.3 is 5.76 Å². The summed E-state index contributed by atoms with van der Waals surface area (Å²) in [5.41, 5.74) is 0.758. The first-order chi connectivity index (χ1) is 10.6. The fourth-order valence-electron chi connectivity index (χ4n) is 2.70. The van der Waals surface area contributed by atoms with Crippen molar-refractivity contribution in [3.05, 3.63) is 40.9 Å². The Morgan fingerprint density at radius 3 is 2.64 bits per heavy atom. The van der Waals surface area contributed by atoms with Crippen LogP contribution in [0.1, 0.15) is 19.8 Å². The third-order valence-electron chi connectivity index (χ3n) is 4.15. The second kappa shape index (κ2) is 6.17. The number of nitrogens with zero attached hydrogens (tertiary/aromatic N) is 3. The first kappa shape index (κ1) is 14.6. The highest BCUT2D eigenvalue weighted by molar-refractivity contribution is 5.76. The lowest BCUT2D eigenvalue weighted by atomic mass is 9.99. The van der Waals surface area contributed by atoms with Crippen LogP contribution in [0.15, 0.2) is 39.6 Å². The molecule has 0 unspecified atom stereocenters. The Hall–Kier alpha value is -2.37. The van der Waals surface area contributed by atoms with Gasteiger partial charge in [0.05, 0.1) is 0 Å².